The van der Waals surface area contributed by atoms with Crippen molar-refractivity contribution in [3.8, 4) is 0 Å². The van der Waals surface area contributed by atoms with Gasteiger partial charge in [0.05, 0.1) is 15.4 Å². The minimum atomic E-state index is -2.70. The minimum Gasteiger partial charge on any atom is -0.364 e. The third-order valence-corrected chi connectivity index (χ3v) is 8.01. The van der Waals surface area contributed by atoms with Crippen LogP contribution in [0.2, 0.25) is 0 Å². The van der Waals surface area contributed by atoms with E-state index in [1.54, 1.807) is 6.26 Å². The van der Waals surface area contributed by atoms with Crippen molar-refractivity contribution in [2.75, 3.05) is 19.3 Å². The average molecular weight is 396 g/mol. The van der Waals surface area contributed by atoms with E-state index in [2.05, 4.69) is 16.4 Å². The quantitative estimate of drug-likeness (QED) is 0.764. The first-order valence-corrected chi connectivity index (χ1v) is 11.7. The van der Waals surface area contributed by atoms with Crippen LogP contribution in [0, 0.1) is 11.8 Å². The fourth-order valence-corrected chi connectivity index (χ4v) is 5.52. The van der Waals surface area contributed by atoms with Gasteiger partial charge in [0.15, 0.2) is 0 Å². The number of aromatic nitrogens is 1. The van der Waals surface area contributed by atoms with Gasteiger partial charge in [-0.25, -0.2) is 4.21 Å². The molecule has 1 saturated carbocycles. The third-order valence-electron chi connectivity index (χ3n) is 5.78. The van der Waals surface area contributed by atoms with Crippen molar-refractivity contribution < 1.29 is 18.3 Å². The third kappa shape index (κ3) is 4.25. The summed E-state index contributed by atoms with van der Waals surface area (Å²) in [5.41, 5.74) is 0.820. The van der Waals surface area contributed by atoms with E-state index in [4.69, 9.17) is 4.52 Å². The Morgan fingerprint density at radius 2 is 2.04 bits per heavy atom. The molecule has 8 heteroatoms. The summed E-state index contributed by atoms with van der Waals surface area (Å²) < 4.78 is 22.1. The molecular formula is C19H29N3O4S. The van der Waals surface area contributed by atoms with Crippen molar-refractivity contribution in [1.29, 1.82) is 0 Å². The lowest BCUT2D eigenvalue weighted by Gasteiger charge is -2.32. The van der Waals surface area contributed by atoms with Gasteiger partial charge in [0.1, 0.15) is 11.8 Å². The number of carbonyl (C=O) groups excluding carboxylic acids is 2. The number of hydrogen-bond acceptors (Lipinski definition) is 5. The van der Waals surface area contributed by atoms with Gasteiger partial charge in [0.25, 0.3) is 5.91 Å². The first-order valence-electron chi connectivity index (χ1n) is 9.73. The number of hydrogen-bond donors (Lipinski definition) is 0. The molecule has 1 aliphatic carbocycles. The molecule has 0 spiro atoms. The summed E-state index contributed by atoms with van der Waals surface area (Å²) in [6.07, 6.45) is 6.10. The van der Waals surface area contributed by atoms with Crippen LogP contribution < -0.4 is 0 Å². The van der Waals surface area contributed by atoms with Crippen molar-refractivity contribution in [3.05, 3.63) is 17.5 Å². The Bertz CT molecular complexity index is 830. The lowest BCUT2D eigenvalue weighted by Crippen LogP contribution is -2.43. The molecule has 27 heavy (non-hydrogen) atoms. The summed E-state index contributed by atoms with van der Waals surface area (Å²) in [6, 6.07) is 0. The van der Waals surface area contributed by atoms with Crippen LogP contribution in [0.1, 0.15) is 68.4 Å². The van der Waals surface area contributed by atoms with Crippen molar-refractivity contribution in [2.45, 2.75) is 57.6 Å². The summed E-state index contributed by atoms with van der Waals surface area (Å²) in [4.78, 5) is 26.9. The van der Waals surface area contributed by atoms with Gasteiger partial charge in [-0.05, 0) is 31.1 Å². The molecule has 0 radical (unpaired) electrons. The molecule has 7 nitrogen and oxygen atoms in total. The Hall–Kier alpha value is -1.70. The highest BCUT2D eigenvalue weighted by Crippen LogP contribution is 2.42. The first-order chi connectivity index (χ1) is 12.7. The van der Waals surface area contributed by atoms with Gasteiger partial charge in [-0.1, -0.05) is 32.3 Å². The first kappa shape index (κ1) is 20.0. The fourth-order valence-electron chi connectivity index (χ4n) is 3.86. The van der Waals surface area contributed by atoms with Crippen LogP contribution in [0.25, 0.3) is 0 Å². The number of likely N-dealkylation sites (tertiary alicyclic amines) is 1. The average Bonchev–Trinajstić information content (AvgIpc) is 3.25. The summed E-state index contributed by atoms with van der Waals surface area (Å²) in [6.45, 7) is 7.13. The molecule has 3 atom stereocenters. The Morgan fingerprint density at radius 3 is 2.59 bits per heavy atom. The second kappa shape index (κ2) is 7.73. The molecule has 150 valence electrons. The highest BCUT2D eigenvalue weighted by atomic mass is 32.2. The SMILES string of the molecule is CC[C@@H]1C[C@H]1C(=O)N1CCC(S(C)(=O)=NC(=O)c2conc2C(C)C)CC1. The molecule has 3 rings (SSSR count). The molecule has 1 aromatic rings. The fraction of sp³-hybridized carbons (Fsp3) is 0.737. The van der Waals surface area contributed by atoms with Crippen molar-refractivity contribution in [1.82, 2.24) is 10.1 Å². The van der Waals surface area contributed by atoms with E-state index in [1.807, 2.05) is 18.7 Å². The number of nitrogens with zero attached hydrogens (tertiary/aromatic N) is 3. The van der Waals surface area contributed by atoms with Crippen LogP contribution in [0.4, 0.5) is 0 Å². The van der Waals surface area contributed by atoms with Crippen molar-refractivity contribution in [2.24, 2.45) is 16.2 Å². The number of piperidine rings is 1. The molecule has 1 unspecified atom stereocenters. The zero-order chi connectivity index (χ0) is 19.8. The van der Waals surface area contributed by atoms with Gasteiger partial charge in [-0.3, -0.25) is 9.59 Å². The minimum absolute atomic E-state index is 0.0226. The van der Waals surface area contributed by atoms with E-state index in [1.165, 1.54) is 6.26 Å². The Labute approximate surface area is 161 Å². The molecule has 0 aromatic carbocycles. The summed E-state index contributed by atoms with van der Waals surface area (Å²) in [5.74, 6) is 0.454. The Balaban J connectivity index is 1.65. The summed E-state index contributed by atoms with van der Waals surface area (Å²) in [5, 5.41) is 3.67. The van der Waals surface area contributed by atoms with E-state index < -0.39 is 15.6 Å². The van der Waals surface area contributed by atoms with E-state index in [-0.39, 0.29) is 28.6 Å². The van der Waals surface area contributed by atoms with E-state index in [9.17, 15) is 13.8 Å². The van der Waals surface area contributed by atoms with Gasteiger partial charge < -0.3 is 9.42 Å². The van der Waals surface area contributed by atoms with Crippen LogP contribution in [0.3, 0.4) is 0 Å². The smallest absolute Gasteiger partial charge is 0.290 e. The largest absolute Gasteiger partial charge is 0.364 e. The van der Waals surface area contributed by atoms with Crippen LogP contribution in [-0.2, 0) is 14.5 Å². The van der Waals surface area contributed by atoms with E-state index >= 15 is 0 Å². The van der Waals surface area contributed by atoms with Crippen LogP contribution >= 0.6 is 0 Å². The maximum absolute atomic E-state index is 13.1. The summed E-state index contributed by atoms with van der Waals surface area (Å²) in [7, 11) is -2.70. The molecule has 2 heterocycles. The second-order valence-electron chi connectivity index (χ2n) is 8.06. The van der Waals surface area contributed by atoms with Gasteiger partial charge in [0.2, 0.25) is 5.91 Å². The number of rotatable bonds is 5. The molecule has 0 N–H and O–H groups in total. The molecule has 1 saturated heterocycles. The maximum Gasteiger partial charge on any atom is 0.290 e. The van der Waals surface area contributed by atoms with Gasteiger partial charge in [0, 0.05) is 30.5 Å². The lowest BCUT2D eigenvalue weighted by atomic mass is 10.1. The van der Waals surface area contributed by atoms with Gasteiger partial charge in [-0.2, -0.15) is 4.36 Å². The zero-order valence-corrected chi connectivity index (χ0v) is 17.3. The number of amides is 2. The van der Waals surface area contributed by atoms with Crippen molar-refractivity contribution >= 4 is 21.5 Å². The lowest BCUT2D eigenvalue weighted by molar-refractivity contribution is -0.133. The second-order valence-corrected chi connectivity index (χ2v) is 10.6. The van der Waals surface area contributed by atoms with Gasteiger partial charge >= 0.3 is 0 Å². The molecule has 1 aromatic heterocycles. The molecule has 2 amide bonds. The molecular weight excluding hydrogens is 366 g/mol. The zero-order valence-electron chi connectivity index (χ0n) is 16.5. The maximum atomic E-state index is 13.1. The highest BCUT2D eigenvalue weighted by molar-refractivity contribution is 7.93. The van der Waals surface area contributed by atoms with Crippen LogP contribution in [0.15, 0.2) is 15.1 Å². The van der Waals surface area contributed by atoms with Crippen LogP contribution in [-0.4, -0.2) is 50.7 Å². The van der Waals surface area contributed by atoms with E-state index in [0.29, 0.717) is 37.5 Å². The predicted molar refractivity (Wildman–Crippen MR) is 103 cm³/mol. The molecule has 1 aliphatic heterocycles. The normalized spacial score (nSPS) is 25.3. The Morgan fingerprint density at radius 1 is 1.37 bits per heavy atom. The number of carbonyl (C=O) groups is 2. The molecule has 2 fully saturated rings. The van der Waals surface area contributed by atoms with E-state index in [0.717, 1.165) is 12.8 Å². The van der Waals surface area contributed by atoms with Crippen molar-refractivity contribution in [3.63, 3.8) is 0 Å². The standard InChI is InChI=1S/C19H29N3O4S/c1-5-13-10-15(13)19(24)22-8-6-14(7-9-22)27(4,25)21-18(23)16-11-26-20-17(16)12(2)3/h11-15H,5-10H2,1-4H3/t13-,15-,27?/m1/s1. The molecule has 0 bridgehead atoms. The monoisotopic (exact) mass is 395 g/mol. The predicted octanol–water partition coefficient (Wildman–Crippen LogP) is 3.07. The Kier molecular flexibility index (Phi) is 5.74. The molecule has 2 aliphatic rings. The van der Waals surface area contributed by atoms with Crippen LogP contribution in [0.5, 0.6) is 0 Å². The highest BCUT2D eigenvalue weighted by Gasteiger charge is 2.44. The summed E-state index contributed by atoms with van der Waals surface area (Å²) >= 11 is 0. The van der Waals surface area contributed by atoms with Gasteiger partial charge in [-0.15, -0.1) is 0 Å². The topological polar surface area (TPSA) is 92.8 Å².